The van der Waals surface area contributed by atoms with Crippen LogP contribution in [0.1, 0.15) is 39.5 Å². The summed E-state index contributed by atoms with van der Waals surface area (Å²) in [4.78, 5) is 0. The van der Waals surface area contributed by atoms with Crippen LogP contribution >= 0.6 is 11.6 Å². The molecule has 0 bridgehead atoms. The van der Waals surface area contributed by atoms with E-state index in [2.05, 4.69) is 19.2 Å². The molecule has 0 spiro atoms. The minimum absolute atomic E-state index is 0.344. The maximum absolute atomic E-state index is 6.02. The second kappa shape index (κ2) is 5.21. The topological polar surface area (TPSA) is 12.0 Å². The number of hydrogen-bond acceptors (Lipinski definition) is 1. The summed E-state index contributed by atoms with van der Waals surface area (Å²) < 4.78 is 0. The van der Waals surface area contributed by atoms with Gasteiger partial charge in [0.25, 0.3) is 0 Å². The summed E-state index contributed by atoms with van der Waals surface area (Å²) in [5, 5.41) is 3.56. The molecule has 1 nitrogen and oxygen atoms in total. The van der Waals surface area contributed by atoms with E-state index in [1.165, 1.54) is 32.2 Å². The highest BCUT2D eigenvalue weighted by Gasteiger charge is 2.26. The van der Waals surface area contributed by atoms with Crippen molar-refractivity contribution < 1.29 is 0 Å². The van der Waals surface area contributed by atoms with Gasteiger partial charge in [0.2, 0.25) is 0 Å². The Morgan fingerprint density at radius 3 is 2.31 bits per heavy atom. The predicted molar refractivity (Wildman–Crippen MR) is 59.3 cm³/mol. The van der Waals surface area contributed by atoms with Crippen molar-refractivity contribution >= 4 is 11.6 Å². The summed E-state index contributed by atoms with van der Waals surface area (Å²) in [5.74, 6) is 1.76. The van der Waals surface area contributed by atoms with Crippen LogP contribution in [0.5, 0.6) is 0 Å². The molecule has 0 aromatic rings. The monoisotopic (exact) mass is 203 g/mol. The first-order valence-corrected chi connectivity index (χ1v) is 6.06. The molecule has 2 heteroatoms. The Labute approximate surface area is 87.2 Å². The maximum atomic E-state index is 6.02. The van der Waals surface area contributed by atoms with E-state index in [9.17, 15) is 0 Å². The van der Waals surface area contributed by atoms with Crippen LogP contribution in [-0.4, -0.2) is 19.0 Å². The van der Waals surface area contributed by atoms with Crippen molar-refractivity contribution in [3.05, 3.63) is 0 Å². The maximum Gasteiger partial charge on any atom is 0.0291 e. The molecule has 0 aliphatic heterocycles. The lowest BCUT2D eigenvalue weighted by Gasteiger charge is -2.29. The van der Waals surface area contributed by atoms with Crippen LogP contribution in [-0.2, 0) is 0 Å². The Balaban J connectivity index is 2.19. The van der Waals surface area contributed by atoms with Gasteiger partial charge in [-0.3, -0.25) is 0 Å². The molecule has 0 aromatic heterocycles. The zero-order valence-electron chi connectivity index (χ0n) is 8.91. The second-order valence-electron chi connectivity index (χ2n) is 4.42. The lowest BCUT2D eigenvalue weighted by molar-refractivity contribution is 0.285. The van der Waals surface area contributed by atoms with E-state index in [-0.39, 0.29) is 0 Å². The van der Waals surface area contributed by atoms with Crippen LogP contribution in [0.2, 0.25) is 0 Å². The van der Waals surface area contributed by atoms with Gasteiger partial charge in [-0.1, -0.05) is 13.8 Å². The van der Waals surface area contributed by atoms with Crippen molar-refractivity contribution in [1.29, 1.82) is 0 Å². The van der Waals surface area contributed by atoms with Crippen molar-refractivity contribution in [2.45, 2.75) is 39.5 Å². The summed E-state index contributed by atoms with van der Waals surface area (Å²) in [5.41, 5.74) is 0.344. The molecule has 1 aliphatic rings. The SMILES string of the molecule is CCC(CC)(CCl)CNCC1CC1. The molecule has 1 fully saturated rings. The van der Waals surface area contributed by atoms with E-state index in [1.54, 1.807) is 0 Å². The van der Waals surface area contributed by atoms with Crippen molar-refractivity contribution in [2.24, 2.45) is 11.3 Å². The molecular weight excluding hydrogens is 182 g/mol. The minimum Gasteiger partial charge on any atom is -0.316 e. The Bertz CT molecular complexity index is 131. The van der Waals surface area contributed by atoms with Crippen molar-refractivity contribution in [1.82, 2.24) is 5.32 Å². The Hall–Kier alpha value is 0.250. The first-order valence-electron chi connectivity index (χ1n) is 5.53. The van der Waals surface area contributed by atoms with Gasteiger partial charge in [-0.15, -0.1) is 11.6 Å². The average molecular weight is 204 g/mol. The number of halogens is 1. The normalized spacial score (nSPS) is 17.8. The summed E-state index contributed by atoms with van der Waals surface area (Å²) in [7, 11) is 0. The quantitative estimate of drug-likeness (QED) is 0.628. The van der Waals surface area contributed by atoms with Crippen LogP contribution in [0.25, 0.3) is 0 Å². The summed E-state index contributed by atoms with van der Waals surface area (Å²) in [6.07, 6.45) is 5.23. The molecule has 1 aliphatic carbocycles. The molecule has 1 saturated carbocycles. The first-order chi connectivity index (χ1) is 6.26. The molecule has 0 aromatic carbocycles. The van der Waals surface area contributed by atoms with E-state index in [4.69, 9.17) is 11.6 Å². The zero-order valence-corrected chi connectivity index (χ0v) is 9.66. The first kappa shape index (κ1) is 11.3. The molecular formula is C11H22ClN. The molecule has 0 heterocycles. The number of rotatable bonds is 7. The minimum atomic E-state index is 0.344. The van der Waals surface area contributed by atoms with Gasteiger partial charge in [-0.2, -0.15) is 0 Å². The third-order valence-electron chi connectivity index (χ3n) is 3.41. The summed E-state index contributed by atoms with van der Waals surface area (Å²) in [6, 6.07) is 0. The zero-order chi connectivity index (χ0) is 9.73. The van der Waals surface area contributed by atoms with Gasteiger partial charge in [0.15, 0.2) is 0 Å². The lowest BCUT2D eigenvalue weighted by atomic mass is 9.84. The van der Waals surface area contributed by atoms with Crippen molar-refractivity contribution in [3.8, 4) is 0 Å². The smallest absolute Gasteiger partial charge is 0.0291 e. The molecule has 1 rings (SSSR count). The van der Waals surface area contributed by atoms with Gasteiger partial charge in [0, 0.05) is 12.4 Å². The number of hydrogen-bond donors (Lipinski definition) is 1. The standard InChI is InChI=1S/C11H22ClN/c1-3-11(4-2,8-12)9-13-7-10-5-6-10/h10,13H,3-9H2,1-2H3. The third-order valence-corrected chi connectivity index (χ3v) is 3.98. The van der Waals surface area contributed by atoms with Gasteiger partial charge in [-0.25, -0.2) is 0 Å². The molecule has 0 atom stereocenters. The van der Waals surface area contributed by atoms with Gasteiger partial charge in [-0.05, 0) is 43.6 Å². The molecule has 0 radical (unpaired) electrons. The van der Waals surface area contributed by atoms with E-state index < -0.39 is 0 Å². The van der Waals surface area contributed by atoms with Gasteiger partial charge in [0.1, 0.15) is 0 Å². The highest BCUT2D eigenvalue weighted by atomic mass is 35.5. The summed E-state index contributed by atoms with van der Waals surface area (Å²) in [6.45, 7) is 6.79. The highest BCUT2D eigenvalue weighted by Crippen LogP contribution is 2.30. The van der Waals surface area contributed by atoms with Gasteiger partial charge < -0.3 is 5.32 Å². The molecule has 13 heavy (non-hydrogen) atoms. The van der Waals surface area contributed by atoms with Crippen LogP contribution in [0.3, 0.4) is 0 Å². The van der Waals surface area contributed by atoms with Crippen LogP contribution in [0.15, 0.2) is 0 Å². The average Bonchev–Trinajstić information content (AvgIpc) is 2.97. The Morgan fingerprint density at radius 2 is 1.92 bits per heavy atom. The van der Waals surface area contributed by atoms with Crippen molar-refractivity contribution in [2.75, 3.05) is 19.0 Å². The second-order valence-corrected chi connectivity index (χ2v) is 4.68. The van der Waals surface area contributed by atoms with Gasteiger partial charge in [0.05, 0.1) is 0 Å². The fourth-order valence-corrected chi connectivity index (χ4v) is 2.07. The fourth-order valence-electron chi connectivity index (χ4n) is 1.60. The Kier molecular flexibility index (Phi) is 4.54. The largest absolute Gasteiger partial charge is 0.316 e. The van der Waals surface area contributed by atoms with Crippen LogP contribution in [0.4, 0.5) is 0 Å². The molecule has 0 saturated heterocycles. The molecule has 0 unspecified atom stereocenters. The van der Waals surface area contributed by atoms with E-state index in [0.29, 0.717) is 5.41 Å². The molecule has 78 valence electrons. The molecule has 0 amide bonds. The highest BCUT2D eigenvalue weighted by molar-refractivity contribution is 6.18. The van der Waals surface area contributed by atoms with E-state index in [1.807, 2.05) is 0 Å². The number of alkyl halides is 1. The van der Waals surface area contributed by atoms with E-state index in [0.717, 1.165) is 18.3 Å². The Morgan fingerprint density at radius 1 is 1.31 bits per heavy atom. The number of nitrogens with one attached hydrogen (secondary N) is 1. The van der Waals surface area contributed by atoms with Crippen LogP contribution < -0.4 is 5.32 Å². The lowest BCUT2D eigenvalue weighted by Crippen LogP contribution is -2.35. The third kappa shape index (κ3) is 3.47. The molecule has 1 N–H and O–H groups in total. The van der Waals surface area contributed by atoms with Gasteiger partial charge >= 0.3 is 0 Å². The predicted octanol–water partition coefficient (Wildman–Crippen LogP) is 3.03. The van der Waals surface area contributed by atoms with Crippen molar-refractivity contribution in [3.63, 3.8) is 0 Å². The van der Waals surface area contributed by atoms with E-state index >= 15 is 0 Å². The summed E-state index contributed by atoms with van der Waals surface area (Å²) >= 11 is 6.02. The van der Waals surface area contributed by atoms with Crippen LogP contribution in [0, 0.1) is 11.3 Å². The fraction of sp³-hybridized carbons (Fsp3) is 1.00.